The van der Waals surface area contributed by atoms with Gasteiger partial charge in [-0.15, -0.1) is 0 Å². The van der Waals surface area contributed by atoms with Crippen LogP contribution in [-0.2, 0) is 37.2 Å². The number of likely N-dealkylation sites (N-methyl/N-ethyl adjacent to an activating group) is 1. The summed E-state index contributed by atoms with van der Waals surface area (Å²) in [5.41, 5.74) is 17.2. The number of hydrogen-bond donors (Lipinski definition) is 7. The van der Waals surface area contributed by atoms with Gasteiger partial charge in [0.05, 0.1) is 17.3 Å². The van der Waals surface area contributed by atoms with Crippen molar-refractivity contribution in [3.63, 3.8) is 0 Å². The Hall–Kier alpha value is -7.15. The molecule has 2 heterocycles. The molecule has 1 aliphatic heterocycles. The largest absolute Gasteiger partial charge is 0.492 e. The zero-order valence-electron chi connectivity index (χ0n) is 39.3. The first-order valence-corrected chi connectivity index (χ1v) is 22.2. The van der Waals surface area contributed by atoms with E-state index in [1.165, 1.54) is 27.0 Å². The zero-order valence-corrected chi connectivity index (χ0v) is 39.3. The molecular weight excluding hydrogens is 900 g/mol. The molecule has 5 amide bonds. The average molecular weight is 958 g/mol. The van der Waals surface area contributed by atoms with E-state index >= 15 is 0 Å². The second-order valence-electron chi connectivity index (χ2n) is 17.4. The summed E-state index contributed by atoms with van der Waals surface area (Å²) in [4.78, 5) is 79.5. The zero-order chi connectivity index (χ0) is 50.8. The maximum atomic E-state index is 14.8. The predicted molar refractivity (Wildman–Crippen MR) is 249 cm³/mol. The van der Waals surface area contributed by atoms with Gasteiger partial charge >= 0.3 is 6.18 Å². The molecule has 0 spiro atoms. The van der Waals surface area contributed by atoms with Gasteiger partial charge in [0.25, 0.3) is 5.91 Å². The Balaban J connectivity index is 1.61. The third-order valence-electron chi connectivity index (χ3n) is 11.2. The molecule has 4 aromatic rings. The van der Waals surface area contributed by atoms with Gasteiger partial charge in [0.1, 0.15) is 55.4 Å². The smallest absolute Gasteiger partial charge is 0.434 e. The van der Waals surface area contributed by atoms with Gasteiger partial charge in [-0.3, -0.25) is 24.0 Å². The highest BCUT2D eigenvalue weighted by molar-refractivity contribution is 6.01. The Morgan fingerprint density at radius 3 is 2.10 bits per heavy atom. The molecule has 4 bridgehead atoms. The Bertz CT molecular complexity index is 2580. The minimum absolute atomic E-state index is 0.0618. The molecular formula is C48H58F3N11O7. The molecule has 21 heteroatoms. The number of ether oxygens (including phenoxy) is 2. The minimum atomic E-state index is -5.13. The molecule has 368 valence electrons. The number of carbonyl (C=O) groups excluding carboxylic acids is 5. The molecule has 4 atom stereocenters. The molecule has 0 unspecified atom stereocenters. The highest BCUT2D eigenvalue weighted by atomic mass is 19.4. The molecule has 0 aliphatic carbocycles. The number of nitrogens with zero attached hydrogens (tertiary/aromatic N) is 4. The monoisotopic (exact) mass is 957 g/mol. The summed E-state index contributed by atoms with van der Waals surface area (Å²) >= 11 is 0. The van der Waals surface area contributed by atoms with Crippen LogP contribution in [0, 0.1) is 18.3 Å². The number of hydrogen-bond acceptors (Lipinski definition) is 13. The standard InChI is InChI=1S/C48H58F3N11O7/c1-26-38(40(48(49,50)51)61-41(57-26)29-8-11-31(12-9-29)47(3,4)5)44(65)59-34(15-16-52)46(67)62(6)39-30-10-14-37(69-22-19-55)33(25-30)32-23-28(7-13-36(32)68-21-18-54)24-35(43(64)56-20-17-53)60-42(63)27(2)58-45(39)66/h7-14,23,25,27,34-35,39H,15-16,18-22,24,52,54-55H2,1-6H3,(H,56,64)(H,58,66)(H,59,65)(H,60,63)/t27-,34-,35-,39-/m0/s1. The maximum Gasteiger partial charge on any atom is 0.434 e. The van der Waals surface area contributed by atoms with E-state index in [0.717, 1.165) is 10.5 Å². The van der Waals surface area contributed by atoms with Crippen molar-refractivity contribution in [2.75, 3.05) is 46.4 Å². The number of nitriles is 1. The van der Waals surface area contributed by atoms with Gasteiger partial charge in [0.15, 0.2) is 11.5 Å². The first kappa shape index (κ1) is 52.8. The number of halogens is 3. The number of rotatable bonds is 15. The van der Waals surface area contributed by atoms with Crippen LogP contribution < -0.4 is 47.9 Å². The molecule has 0 radical (unpaired) electrons. The van der Waals surface area contributed by atoms with Gasteiger partial charge in [-0.2, -0.15) is 18.4 Å². The van der Waals surface area contributed by atoms with Crippen LogP contribution in [0.4, 0.5) is 13.2 Å². The van der Waals surface area contributed by atoms with Crippen molar-refractivity contribution in [1.82, 2.24) is 36.1 Å². The summed E-state index contributed by atoms with van der Waals surface area (Å²) in [6.07, 6.45) is -5.49. The van der Waals surface area contributed by atoms with Crippen LogP contribution in [-0.4, -0.2) is 109 Å². The second kappa shape index (κ2) is 22.8. The van der Waals surface area contributed by atoms with E-state index in [4.69, 9.17) is 31.9 Å². The lowest BCUT2D eigenvalue weighted by atomic mass is 9.86. The van der Waals surface area contributed by atoms with E-state index in [1.54, 1.807) is 54.6 Å². The molecule has 1 aliphatic rings. The Morgan fingerprint density at radius 2 is 1.52 bits per heavy atom. The topological polar surface area (TPSA) is 283 Å². The quantitative estimate of drug-likeness (QED) is 0.0846. The van der Waals surface area contributed by atoms with Gasteiger partial charge in [0, 0.05) is 43.2 Å². The predicted octanol–water partition coefficient (Wildman–Crippen LogP) is 2.94. The summed E-state index contributed by atoms with van der Waals surface area (Å²) in [5, 5.41) is 19.3. The van der Waals surface area contributed by atoms with Gasteiger partial charge in [-0.25, -0.2) is 9.97 Å². The van der Waals surface area contributed by atoms with E-state index in [1.807, 2.05) is 26.8 Å². The van der Waals surface area contributed by atoms with E-state index in [2.05, 4.69) is 31.2 Å². The highest BCUT2D eigenvalue weighted by Crippen LogP contribution is 2.40. The fraction of sp³-hybridized carbons (Fsp3) is 0.417. The number of aromatic nitrogens is 2. The Morgan fingerprint density at radius 1 is 0.899 bits per heavy atom. The number of aryl methyl sites for hydroxylation is 1. The van der Waals surface area contributed by atoms with Crippen molar-refractivity contribution in [2.45, 2.75) is 83.2 Å². The van der Waals surface area contributed by atoms with Crippen molar-refractivity contribution in [3.05, 3.63) is 94.3 Å². The lowest BCUT2D eigenvalue weighted by Gasteiger charge is -2.32. The van der Waals surface area contributed by atoms with Crippen LogP contribution in [0.2, 0.25) is 0 Å². The third kappa shape index (κ3) is 12.9. The Kier molecular flexibility index (Phi) is 17.4. The van der Waals surface area contributed by atoms with E-state index in [9.17, 15) is 37.1 Å². The van der Waals surface area contributed by atoms with Crippen molar-refractivity contribution in [1.29, 1.82) is 5.26 Å². The number of alkyl halides is 3. The van der Waals surface area contributed by atoms with Crippen LogP contribution in [0.25, 0.3) is 22.5 Å². The van der Waals surface area contributed by atoms with Crippen molar-refractivity contribution in [3.8, 4) is 40.1 Å². The van der Waals surface area contributed by atoms with Crippen molar-refractivity contribution < 1.29 is 46.6 Å². The molecule has 3 aromatic carbocycles. The number of benzene rings is 3. The lowest BCUT2D eigenvalue weighted by Crippen LogP contribution is -2.56. The lowest BCUT2D eigenvalue weighted by molar-refractivity contribution is -0.142. The van der Waals surface area contributed by atoms with Crippen LogP contribution in [0.1, 0.15) is 78.6 Å². The normalized spacial score (nSPS) is 16.7. The summed E-state index contributed by atoms with van der Waals surface area (Å²) < 4.78 is 56.6. The van der Waals surface area contributed by atoms with Crippen molar-refractivity contribution in [2.24, 2.45) is 17.2 Å². The van der Waals surface area contributed by atoms with E-state index in [-0.39, 0.29) is 86.0 Å². The molecule has 18 nitrogen and oxygen atoms in total. The minimum Gasteiger partial charge on any atom is -0.492 e. The molecule has 1 aromatic heterocycles. The van der Waals surface area contributed by atoms with E-state index in [0.29, 0.717) is 22.4 Å². The SMILES string of the molecule is Cc1nc(-c2ccc(C(C)(C)C)cc2)nc(C(F)(F)F)c1C(=O)N[C@@H](CCN)C(=O)N(C)[C@@H]1C(=O)N[C@@H](C)C(=O)N[C@H](C(=O)NCC#N)Cc2ccc(OCCN)c(c2)-c2cc1ccc2OCCN. The number of amides is 5. The number of fused-ring (bicyclic) bond motifs is 5. The molecule has 0 saturated carbocycles. The molecule has 69 heavy (non-hydrogen) atoms. The molecule has 5 rings (SSSR count). The number of nitrogens with two attached hydrogens (primary N) is 3. The van der Waals surface area contributed by atoms with Gasteiger partial charge < -0.3 is 52.8 Å². The summed E-state index contributed by atoms with van der Waals surface area (Å²) in [6, 6.07) is 12.4. The van der Waals surface area contributed by atoms with Crippen LogP contribution in [0.15, 0.2) is 60.7 Å². The maximum absolute atomic E-state index is 14.8. The van der Waals surface area contributed by atoms with Gasteiger partial charge in [0.2, 0.25) is 23.6 Å². The van der Waals surface area contributed by atoms with Gasteiger partial charge in [-0.05, 0) is 73.2 Å². The molecule has 0 saturated heterocycles. The van der Waals surface area contributed by atoms with Gasteiger partial charge in [-0.1, -0.05) is 57.2 Å². The van der Waals surface area contributed by atoms with Crippen LogP contribution in [0.3, 0.4) is 0 Å². The van der Waals surface area contributed by atoms with Crippen molar-refractivity contribution >= 4 is 29.5 Å². The second-order valence-corrected chi connectivity index (χ2v) is 17.4. The third-order valence-corrected chi connectivity index (χ3v) is 11.2. The fourth-order valence-electron chi connectivity index (χ4n) is 7.66. The van der Waals surface area contributed by atoms with Crippen LogP contribution in [0.5, 0.6) is 11.5 Å². The summed E-state index contributed by atoms with van der Waals surface area (Å²) in [7, 11) is 1.25. The number of nitrogens with one attached hydrogen (secondary N) is 4. The molecule has 10 N–H and O–H groups in total. The highest BCUT2D eigenvalue weighted by Gasteiger charge is 2.41. The van der Waals surface area contributed by atoms with Crippen LogP contribution >= 0.6 is 0 Å². The first-order chi connectivity index (χ1) is 32.6. The molecule has 0 fully saturated rings. The van der Waals surface area contributed by atoms with E-state index < -0.39 is 71.1 Å². The number of carbonyl (C=O) groups is 5. The average Bonchev–Trinajstić information content (AvgIpc) is 3.30. The fourth-order valence-corrected chi connectivity index (χ4v) is 7.66. The first-order valence-electron chi connectivity index (χ1n) is 22.2. The Labute approximate surface area is 397 Å². The summed E-state index contributed by atoms with van der Waals surface area (Å²) in [6.45, 7) is 8.36. The summed E-state index contributed by atoms with van der Waals surface area (Å²) in [5.74, 6) is -4.32.